The molecule has 2 fully saturated rings. The van der Waals surface area contributed by atoms with Gasteiger partial charge >= 0.3 is 0 Å². The summed E-state index contributed by atoms with van der Waals surface area (Å²) in [6.07, 6.45) is 4.60. The van der Waals surface area contributed by atoms with Gasteiger partial charge in [0.15, 0.2) is 11.5 Å². The molecule has 5 heterocycles. The molecule has 2 aliphatic heterocycles. The highest BCUT2D eigenvalue weighted by molar-refractivity contribution is 5.94. The molecule has 198 valence electrons. The van der Waals surface area contributed by atoms with Crippen molar-refractivity contribution in [3.63, 3.8) is 0 Å². The Kier molecular flexibility index (Phi) is 6.00. The average Bonchev–Trinajstić information content (AvgIpc) is 3.50. The molecule has 1 aliphatic carbocycles. The summed E-state index contributed by atoms with van der Waals surface area (Å²) in [4.78, 5) is 37.1. The van der Waals surface area contributed by atoms with Gasteiger partial charge in [-0.15, -0.1) is 0 Å². The van der Waals surface area contributed by atoms with E-state index in [1.165, 1.54) is 13.2 Å². The third-order valence-corrected chi connectivity index (χ3v) is 7.81. The molecule has 3 aromatic heterocycles. The van der Waals surface area contributed by atoms with Crippen LogP contribution in [-0.4, -0.2) is 62.7 Å². The number of likely N-dealkylation sites (tertiary alicyclic amines) is 1. The molecule has 2 N–H and O–H groups in total. The molecule has 1 spiro atoms. The molecule has 0 aromatic carbocycles. The smallest absolute Gasteiger partial charge is 0.274 e. The maximum Gasteiger partial charge on any atom is 0.274 e. The van der Waals surface area contributed by atoms with Crippen LogP contribution in [0.5, 0.6) is 11.6 Å². The van der Waals surface area contributed by atoms with Crippen LogP contribution < -0.4 is 14.8 Å². The van der Waals surface area contributed by atoms with Gasteiger partial charge in [-0.25, -0.2) is 9.37 Å². The summed E-state index contributed by atoms with van der Waals surface area (Å²) < 4.78 is 25.2. The zero-order valence-electron chi connectivity index (χ0n) is 21.3. The minimum absolute atomic E-state index is 0.00584. The van der Waals surface area contributed by atoms with Crippen LogP contribution in [0.4, 0.5) is 4.39 Å². The van der Waals surface area contributed by atoms with Gasteiger partial charge in [0.05, 0.1) is 31.6 Å². The third-order valence-electron chi connectivity index (χ3n) is 7.81. The number of methoxy groups -OCH3 is 1. The van der Waals surface area contributed by atoms with E-state index in [-0.39, 0.29) is 46.5 Å². The SMILES string of the molecule is COc1cc(-c2cc(C(=O)N3CC[C@H](C(=O)NC4CCOc5ccc(C)nc54)CC34CC4)n[nH]2)c(F)cn1. The van der Waals surface area contributed by atoms with Crippen molar-refractivity contribution in [1.29, 1.82) is 0 Å². The van der Waals surface area contributed by atoms with E-state index in [4.69, 9.17) is 9.47 Å². The summed E-state index contributed by atoms with van der Waals surface area (Å²) in [5.41, 5.74) is 2.11. The first-order valence-electron chi connectivity index (χ1n) is 12.8. The quantitative estimate of drug-likeness (QED) is 0.529. The van der Waals surface area contributed by atoms with Crippen molar-refractivity contribution in [3.05, 3.63) is 53.4 Å². The molecule has 0 bridgehead atoms. The number of hydrogen-bond donors (Lipinski definition) is 2. The molecule has 2 atom stereocenters. The second kappa shape index (κ2) is 9.38. The Morgan fingerprint density at radius 3 is 2.89 bits per heavy atom. The summed E-state index contributed by atoms with van der Waals surface area (Å²) in [5.74, 6) is 0.0188. The first-order valence-corrected chi connectivity index (χ1v) is 12.8. The Labute approximate surface area is 218 Å². The highest BCUT2D eigenvalue weighted by Crippen LogP contribution is 2.50. The summed E-state index contributed by atoms with van der Waals surface area (Å²) in [6.45, 7) is 2.91. The molecular weight excluding hydrogens is 491 g/mol. The number of amides is 2. The number of aromatic amines is 1. The highest BCUT2D eigenvalue weighted by atomic mass is 19.1. The van der Waals surface area contributed by atoms with Gasteiger partial charge in [0, 0.05) is 41.7 Å². The van der Waals surface area contributed by atoms with Gasteiger partial charge in [0.2, 0.25) is 11.8 Å². The number of rotatable bonds is 5. The number of carbonyl (C=O) groups is 2. The van der Waals surface area contributed by atoms with E-state index < -0.39 is 5.82 Å². The third kappa shape index (κ3) is 4.35. The number of piperidine rings is 1. The Hall–Kier alpha value is -4.02. The minimum Gasteiger partial charge on any atom is -0.491 e. The monoisotopic (exact) mass is 520 g/mol. The molecule has 38 heavy (non-hydrogen) atoms. The maximum atomic E-state index is 14.4. The van der Waals surface area contributed by atoms with Crippen molar-refractivity contribution in [2.75, 3.05) is 20.3 Å². The molecule has 0 radical (unpaired) electrons. The standard InChI is InChI=1S/C27H29FN6O4/c1-15-3-4-22-24(30-15)19(6-10-38-22)31-25(35)16-5-9-34(27(13-16)7-8-27)26(36)21-12-20(32-33-21)17-11-23(37-2)29-14-18(17)28/h3-4,11-12,14,16,19H,5-10,13H2,1-2H3,(H,31,35)(H,32,33)/t16-,19?/m0/s1. The molecule has 1 saturated carbocycles. The fraction of sp³-hybridized carbons (Fsp3) is 0.444. The minimum atomic E-state index is -0.545. The van der Waals surface area contributed by atoms with E-state index in [0.29, 0.717) is 38.1 Å². The molecule has 2 amide bonds. The van der Waals surface area contributed by atoms with Gasteiger partial charge in [-0.2, -0.15) is 5.10 Å². The van der Waals surface area contributed by atoms with E-state index in [1.54, 1.807) is 6.07 Å². The number of fused-ring (bicyclic) bond motifs is 1. The summed E-state index contributed by atoms with van der Waals surface area (Å²) >= 11 is 0. The van der Waals surface area contributed by atoms with Crippen molar-refractivity contribution >= 4 is 11.8 Å². The number of H-pyrrole nitrogens is 1. The van der Waals surface area contributed by atoms with E-state index in [1.807, 2.05) is 24.0 Å². The molecule has 6 rings (SSSR count). The van der Waals surface area contributed by atoms with E-state index in [9.17, 15) is 14.0 Å². The lowest BCUT2D eigenvalue weighted by molar-refractivity contribution is -0.128. The normalized spacial score (nSPS) is 21.4. The Morgan fingerprint density at radius 1 is 1.26 bits per heavy atom. The number of halogens is 1. The van der Waals surface area contributed by atoms with E-state index in [2.05, 4.69) is 25.5 Å². The topological polar surface area (TPSA) is 122 Å². The predicted octanol–water partition coefficient (Wildman–Crippen LogP) is 3.35. The van der Waals surface area contributed by atoms with Gasteiger partial charge in [0.25, 0.3) is 5.91 Å². The van der Waals surface area contributed by atoms with Gasteiger partial charge < -0.3 is 19.7 Å². The fourth-order valence-electron chi connectivity index (χ4n) is 5.59. The zero-order chi connectivity index (χ0) is 26.4. The lowest BCUT2D eigenvalue weighted by atomic mass is 9.87. The van der Waals surface area contributed by atoms with Crippen molar-refractivity contribution in [3.8, 4) is 22.9 Å². The number of aryl methyl sites for hydroxylation is 1. The van der Waals surface area contributed by atoms with Crippen molar-refractivity contribution in [2.45, 2.75) is 50.6 Å². The highest BCUT2D eigenvalue weighted by Gasteiger charge is 2.55. The van der Waals surface area contributed by atoms with E-state index >= 15 is 0 Å². The lowest BCUT2D eigenvalue weighted by Gasteiger charge is -2.40. The van der Waals surface area contributed by atoms with Crippen molar-refractivity contribution in [2.24, 2.45) is 5.92 Å². The van der Waals surface area contributed by atoms with Crippen LogP contribution in [0.3, 0.4) is 0 Å². The summed E-state index contributed by atoms with van der Waals surface area (Å²) in [6, 6.07) is 6.62. The number of nitrogens with one attached hydrogen (secondary N) is 2. The van der Waals surface area contributed by atoms with Gasteiger partial charge in [0.1, 0.15) is 11.4 Å². The average molecular weight is 521 g/mol. The Bertz CT molecular complexity index is 1400. The van der Waals surface area contributed by atoms with Crippen molar-refractivity contribution in [1.82, 2.24) is 30.4 Å². The van der Waals surface area contributed by atoms with Crippen LogP contribution in [0, 0.1) is 18.7 Å². The number of ether oxygens (including phenoxy) is 2. The number of pyridine rings is 2. The van der Waals surface area contributed by atoms with Crippen molar-refractivity contribution < 1.29 is 23.5 Å². The van der Waals surface area contributed by atoms with Crippen LogP contribution in [-0.2, 0) is 4.79 Å². The first kappa shape index (κ1) is 24.3. The second-order valence-electron chi connectivity index (χ2n) is 10.3. The van der Waals surface area contributed by atoms with Gasteiger partial charge in [-0.05, 0) is 50.8 Å². The first-order chi connectivity index (χ1) is 18.4. The van der Waals surface area contributed by atoms with E-state index in [0.717, 1.165) is 36.2 Å². The number of carbonyl (C=O) groups excluding carboxylic acids is 2. The molecule has 3 aromatic rings. The maximum absolute atomic E-state index is 14.4. The Morgan fingerprint density at radius 2 is 2.11 bits per heavy atom. The van der Waals surface area contributed by atoms with Gasteiger partial charge in [-0.3, -0.25) is 19.7 Å². The molecule has 10 nitrogen and oxygen atoms in total. The largest absolute Gasteiger partial charge is 0.491 e. The van der Waals surface area contributed by atoms with Crippen LogP contribution in [0.2, 0.25) is 0 Å². The van der Waals surface area contributed by atoms with Crippen LogP contribution in [0.15, 0.2) is 30.5 Å². The molecule has 3 aliphatic rings. The number of hydrogen-bond acceptors (Lipinski definition) is 7. The predicted molar refractivity (Wildman–Crippen MR) is 134 cm³/mol. The summed E-state index contributed by atoms with van der Waals surface area (Å²) in [5, 5.41) is 10.1. The second-order valence-corrected chi connectivity index (χ2v) is 10.3. The molecule has 1 saturated heterocycles. The Balaban J connectivity index is 1.14. The zero-order valence-corrected chi connectivity index (χ0v) is 21.3. The van der Waals surface area contributed by atoms with Crippen LogP contribution in [0.1, 0.15) is 60.0 Å². The molecule has 11 heteroatoms. The lowest BCUT2D eigenvalue weighted by Crippen LogP contribution is -2.51. The molecule has 1 unspecified atom stereocenters. The van der Waals surface area contributed by atoms with Crippen LogP contribution in [0.25, 0.3) is 11.3 Å². The summed E-state index contributed by atoms with van der Waals surface area (Å²) in [7, 11) is 1.45. The molecular formula is C27H29FN6O4. The van der Waals surface area contributed by atoms with Gasteiger partial charge in [-0.1, -0.05) is 0 Å². The fourth-order valence-corrected chi connectivity index (χ4v) is 5.59. The van der Waals surface area contributed by atoms with Crippen LogP contribution >= 0.6 is 0 Å². The number of aromatic nitrogens is 4. The number of nitrogens with zero attached hydrogens (tertiary/aromatic N) is 4.